The minimum atomic E-state index is -3.67. The minimum absolute atomic E-state index is 0.0382. The van der Waals surface area contributed by atoms with Gasteiger partial charge in [-0.3, -0.25) is 0 Å². The molecule has 0 spiro atoms. The zero-order chi connectivity index (χ0) is 22.9. The lowest BCUT2D eigenvalue weighted by atomic mass is 10.00. The van der Waals surface area contributed by atoms with Gasteiger partial charge in [0.25, 0.3) is 5.92 Å². The SMILES string of the molecule is Cc1nc(NC(C)c2cccc(C(F)(F)CO)c2F)c2cc(C3=CCOCC3)cnc2n1. The number of nitrogens with zero attached hydrogens (tertiary/aromatic N) is 3. The van der Waals surface area contributed by atoms with Crippen LogP contribution in [0, 0.1) is 12.7 Å². The fourth-order valence-electron chi connectivity index (χ4n) is 3.73. The maximum Gasteiger partial charge on any atom is 0.298 e. The van der Waals surface area contributed by atoms with E-state index in [1.54, 1.807) is 20.0 Å². The fraction of sp³-hybridized carbons (Fsp3) is 0.348. The van der Waals surface area contributed by atoms with Gasteiger partial charge in [0.15, 0.2) is 5.65 Å². The predicted molar refractivity (Wildman–Crippen MR) is 115 cm³/mol. The van der Waals surface area contributed by atoms with E-state index in [0.29, 0.717) is 35.9 Å². The van der Waals surface area contributed by atoms with Crippen LogP contribution in [0.5, 0.6) is 0 Å². The molecule has 0 saturated carbocycles. The number of aliphatic hydroxyl groups is 1. The van der Waals surface area contributed by atoms with Gasteiger partial charge in [-0.1, -0.05) is 18.2 Å². The van der Waals surface area contributed by atoms with E-state index >= 15 is 0 Å². The highest BCUT2D eigenvalue weighted by Crippen LogP contribution is 2.34. The van der Waals surface area contributed by atoms with E-state index in [1.807, 2.05) is 12.1 Å². The number of aliphatic hydroxyl groups excluding tert-OH is 1. The van der Waals surface area contributed by atoms with Crippen molar-refractivity contribution in [3.63, 3.8) is 0 Å². The van der Waals surface area contributed by atoms with Gasteiger partial charge in [0.1, 0.15) is 24.1 Å². The van der Waals surface area contributed by atoms with Gasteiger partial charge in [0.2, 0.25) is 0 Å². The molecule has 0 fully saturated rings. The molecule has 0 radical (unpaired) electrons. The lowest BCUT2D eigenvalue weighted by Crippen LogP contribution is -2.22. The lowest BCUT2D eigenvalue weighted by molar-refractivity contribution is -0.0583. The number of anilines is 1. The quantitative estimate of drug-likeness (QED) is 0.581. The van der Waals surface area contributed by atoms with Crippen molar-refractivity contribution in [1.82, 2.24) is 15.0 Å². The summed E-state index contributed by atoms with van der Waals surface area (Å²) in [6.07, 6.45) is 4.51. The molecule has 4 rings (SSSR count). The lowest BCUT2D eigenvalue weighted by Gasteiger charge is -2.21. The Bertz CT molecular complexity index is 1180. The number of hydrogen-bond donors (Lipinski definition) is 2. The highest BCUT2D eigenvalue weighted by molar-refractivity contribution is 5.89. The molecule has 0 bridgehead atoms. The standard InChI is InChI=1S/C23H23F3N4O2/c1-13(17-4-3-5-19(20(17)24)23(25,26)12-31)28-22-18-10-16(15-6-8-32-9-7-15)11-27-21(18)29-14(2)30-22/h3-6,10-11,13,31H,7-9,12H2,1-2H3,(H,27,28,29,30). The number of halogens is 3. The summed E-state index contributed by atoms with van der Waals surface area (Å²) in [6.45, 7) is 3.06. The third-order valence-electron chi connectivity index (χ3n) is 5.44. The molecule has 0 amide bonds. The van der Waals surface area contributed by atoms with E-state index in [9.17, 15) is 13.2 Å². The topological polar surface area (TPSA) is 80.2 Å². The Morgan fingerprint density at radius 2 is 2.09 bits per heavy atom. The third-order valence-corrected chi connectivity index (χ3v) is 5.44. The van der Waals surface area contributed by atoms with Gasteiger partial charge in [-0.05, 0) is 43.5 Å². The number of alkyl halides is 2. The first-order chi connectivity index (χ1) is 15.3. The normalized spacial score (nSPS) is 15.5. The molecule has 1 aliphatic rings. The maximum absolute atomic E-state index is 14.9. The first-order valence-electron chi connectivity index (χ1n) is 10.3. The Kier molecular flexibility index (Phi) is 6.12. The second-order valence-electron chi connectivity index (χ2n) is 7.71. The van der Waals surface area contributed by atoms with E-state index < -0.39 is 30.0 Å². The number of rotatable bonds is 6. The van der Waals surface area contributed by atoms with Crippen molar-refractivity contribution in [3.8, 4) is 0 Å². The second kappa shape index (κ2) is 8.84. The average molecular weight is 444 g/mol. The van der Waals surface area contributed by atoms with Gasteiger partial charge in [0, 0.05) is 11.8 Å². The second-order valence-corrected chi connectivity index (χ2v) is 7.71. The number of ether oxygens (including phenoxy) is 1. The Morgan fingerprint density at radius 3 is 2.81 bits per heavy atom. The van der Waals surface area contributed by atoms with Crippen LogP contribution in [-0.4, -0.2) is 39.9 Å². The van der Waals surface area contributed by atoms with Crippen LogP contribution in [0.3, 0.4) is 0 Å². The summed E-state index contributed by atoms with van der Waals surface area (Å²) in [4.78, 5) is 13.3. The van der Waals surface area contributed by atoms with Gasteiger partial charge < -0.3 is 15.2 Å². The molecular weight excluding hydrogens is 421 g/mol. The Balaban J connectivity index is 1.72. The molecule has 9 heteroatoms. The number of pyridine rings is 1. The van der Waals surface area contributed by atoms with Crippen LogP contribution < -0.4 is 5.32 Å². The van der Waals surface area contributed by atoms with E-state index in [0.717, 1.165) is 23.6 Å². The van der Waals surface area contributed by atoms with Crippen LogP contribution in [0.1, 0.15) is 41.9 Å². The molecule has 168 valence electrons. The van der Waals surface area contributed by atoms with Gasteiger partial charge in [0.05, 0.1) is 30.2 Å². The zero-order valence-corrected chi connectivity index (χ0v) is 17.7. The number of fused-ring (bicyclic) bond motifs is 1. The van der Waals surface area contributed by atoms with E-state index in [4.69, 9.17) is 9.84 Å². The number of aryl methyl sites for hydroxylation is 1. The molecule has 1 atom stereocenters. The van der Waals surface area contributed by atoms with Crippen molar-refractivity contribution in [2.75, 3.05) is 25.1 Å². The molecule has 0 saturated heterocycles. The van der Waals surface area contributed by atoms with E-state index in [1.165, 1.54) is 12.1 Å². The predicted octanol–water partition coefficient (Wildman–Crippen LogP) is 4.53. The maximum atomic E-state index is 14.9. The first kappa shape index (κ1) is 22.2. The first-order valence-corrected chi connectivity index (χ1v) is 10.3. The average Bonchev–Trinajstić information content (AvgIpc) is 2.79. The number of hydrogen-bond acceptors (Lipinski definition) is 6. The zero-order valence-electron chi connectivity index (χ0n) is 17.7. The molecule has 0 aliphatic carbocycles. The summed E-state index contributed by atoms with van der Waals surface area (Å²) in [5.74, 6) is -3.83. The summed E-state index contributed by atoms with van der Waals surface area (Å²) in [6, 6.07) is 4.98. The summed E-state index contributed by atoms with van der Waals surface area (Å²) in [5.41, 5.74) is 1.70. The molecule has 3 aromatic rings. The van der Waals surface area contributed by atoms with Crippen LogP contribution in [0.2, 0.25) is 0 Å². The fourth-order valence-corrected chi connectivity index (χ4v) is 3.73. The number of nitrogens with one attached hydrogen (secondary N) is 1. The molecule has 1 aliphatic heterocycles. The Morgan fingerprint density at radius 1 is 1.28 bits per heavy atom. The van der Waals surface area contributed by atoms with Crippen LogP contribution in [0.25, 0.3) is 16.6 Å². The molecule has 32 heavy (non-hydrogen) atoms. The molecule has 6 nitrogen and oxygen atoms in total. The monoisotopic (exact) mass is 444 g/mol. The van der Waals surface area contributed by atoms with Crippen molar-refractivity contribution in [2.24, 2.45) is 0 Å². The van der Waals surface area contributed by atoms with Gasteiger partial charge in [-0.15, -0.1) is 0 Å². The van der Waals surface area contributed by atoms with Crippen molar-refractivity contribution >= 4 is 22.4 Å². The van der Waals surface area contributed by atoms with Crippen molar-refractivity contribution in [3.05, 3.63) is 64.9 Å². The van der Waals surface area contributed by atoms with Crippen molar-refractivity contribution < 1.29 is 23.0 Å². The van der Waals surface area contributed by atoms with E-state index in [-0.39, 0.29) is 5.56 Å². The molecule has 3 heterocycles. The summed E-state index contributed by atoms with van der Waals surface area (Å²) >= 11 is 0. The van der Waals surface area contributed by atoms with Crippen LogP contribution in [-0.2, 0) is 10.7 Å². The molecule has 2 N–H and O–H groups in total. The summed E-state index contributed by atoms with van der Waals surface area (Å²) < 4.78 is 48.2. The number of benzene rings is 1. The van der Waals surface area contributed by atoms with Gasteiger partial charge >= 0.3 is 0 Å². The molecule has 1 aromatic carbocycles. The Labute approximate surface area is 183 Å². The summed E-state index contributed by atoms with van der Waals surface area (Å²) in [5, 5.41) is 12.7. The van der Waals surface area contributed by atoms with Crippen LogP contribution in [0.15, 0.2) is 36.5 Å². The number of aromatic nitrogens is 3. The summed E-state index contributed by atoms with van der Waals surface area (Å²) in [7, 11) is 0. The third kappa shape index (κ3) is 4.31. The van der Waals surface area contributed by atoms with Crippen molar-refractivity contribution in [2.45, 2.75) is 32.2 Å². The molecular formula is C23H23F3N4O2. The Hall–Kier alpha value is -3.04. The highest BCUT2D eigenvalue weighted by atomic mass is 19.3. The largest absolute Gasteiger partial charge is 0.390 e. The molecule has 1 unspecified atom stereocenters. The van der Waals surface area contributed by atoms with E-state index in [2.05, 4.69) is 20.3 Å². The van der Waals surface area contributed by atoms with Gasteiger partial charge in [-0.2, -0.15) is 8.78 Å². The smallest absolute Gasteiger partial charge is 0.298 e. The van der Waals surface area contributed by atoms with Crippen LogP contribution >= 0.6 is 0 Å². The van der Waals surface area contributed by atoms with Crippen molar-refractivity contribution in [1.29, 1.82) is 0 Å². The molecule has 2 aromatic heterocycles. The van der Waals surface area contributed by atoms with Gasteiger partial charge in [-0.25, -0.2) is 19.3 Å². The highest BCUT2D eigenvalue weighted by Gasteiger charge is 2.35. The van der Waals surface area contributed by atoms with Crippen LogP contribution in [0.4, 0.5) is 19.0 Å². The minimum Gasteiger partial charge on any atom is -0.390 e.